The van der Waals surface area contributed by atoms with E-state index in [9.17, 15) is 8.42 Å². The van der Waals surface area contributed by atoms with Crippen LogP contribution in [0.1, 0.15) is 32.6 Å². The maximum absolute atomic E-state index is 11.5. The van der Waals surface area contributed by atoms with Gasteiger partial charge in [0.25, 0.3) is 10.2 Å². The Bertz CT molecular complexity index is 247. The zero-order chi connectivity index (χ0) is 9.90. The number of nitrogens with one attached hydrogen (secondary N) is 1. The van der Waals surface area contributed by atoms with Crippen LogP contribution in [0.5, 0.6) is 0 Å². The topological polar surface area (TPSA) is 49.4 Å². The van der Waals surface area contributed by atoms with E-state index in [4.69, 9.17) is 0 Å². The molecule has 0 aromatic heterocycles. The number of hydrogen-bond donors (Lipinski definition) is 1. The van der Waals surface area contributed by atoms with E-state index in [1.165, 1.54) is 4.31 Å². The standard InChI is InChI=1S/C8H18N2O2S/c1-3-4-7-10(2)13(11,12)9-8-5-6-8/h8-9H,3-7H2,1-2H3. The zero-order valence-corrected chi connectivity index (χ0v) is 9.10. The Hall–Kier alpha value is -0.130. The molecule has 0 amide bonds. The predicted molar refractivity (Wildman–Crippen MR) is 52.6 cm³/mol. The molecule has 0 unspecified atom stereocenters. The van der Waals surface area contributed by atoms with Crippen molar-refractivity contribution in [2.24, 2.45) is 0 Å². The van der Waals surface area contributed by atoms with Gasteiger partial charge < -0.3 is 0 Å². The molecule has 78 valence electrons. The van der Waals surface area contributed by atoms with Gasteiger partial charge in [-0.25, -0.2) is 0 Å². The van der Waals surface area contributed by atoms with E-state index in [1.54, 1.807) is 7.05 Å². The molecule has 1 rings (SSSR count). The van der Waals surface area contributed by atoms with Gasteiger partial charge in [0.2, 0.25) is 0 Å². The van der Waals surface area contributed by atoms with E-state index < -0.39 is 10.2 Å². The van der Waals surface area contributed by atoms with Gasteiger partial charge >= 0.3 is 0 Å². The van der Waals surface area contributed by atoms with Crippen molar-refractivity contribution in [3.63, 3.8) is 0 Å². The minimum Gasteiger partial charge on any atom is -0.199 e. The molecule has 5 heteroatoms. The van der Waals surface area contributed by atoms with E-state index in [0.717, 1.165) is 25.7 Å². The second-order valence-corrected chi connectivity index (χ2v) is 5.38. The fraction of sp³-hybridized carbons (Fsp3) is 1.00. The van der Waals surface area contributed by atoms with E-state index >= 15 is 0 Å². The van der Waals surface area contributed by atoms with Gasteiger partial charge in [-0.2, -0.15) is 17.4 Å². The Balaban J connectivity index is 2.37. The minimum absolute atomic E-state index is 0.203. The molecule has 0 atom stereocenters. The third-order valence-corrected chi connectivity index (χ3v) is 3.76. The number of unbranched alkanes of at least 4 members (excludes halogenated alkanes) is 1. The first-order valence-corrected chi connectivity index (χ1v) is 6.24. The Morgan fingerprint density at radius 2 is 2.08 bits per heavy atom. The van der Waals surface area contributed by atoms with Gasteiger partial charge in [-0.05, 0) is 19.3 Å². The first-order valence-electron chi connectivity index (χ1n) is 4.80. The molecule has 0 spiro atoms. The SMILES string of the molecule is CCCCN(C)S(=O)(=O)NC1CC1. The van der Waals surface area contributed by atoms with Crippen LogP contribution in [0.15, 0.2) is 0 Å². The normalized spacial score (nSPS) is 18.1. The van der Waals surface area contributed by atoms with Gasteiger partial charge in [-0.3, -0.25) is 0 Å². The molecule has 0 saturated heterocycles. The van der Waals surface area contributed by atoms with Crippen LogP contribution in [-0.4, -0.2) is 32.4 Å². The molecule has 1 aliphatic carbocycles. The van der Waals surface area contributed by atoms with E-state index in [-0.39, 0.29) is 6.04 Å². The molecule has 1 aliphatic rings. The summed E-state index contributed by atoms with van der Waals surface area (Å²) in [6.45, 7) is 2.66. The smallest absolute Gasteiger partial charge is 0.199 e. The van der Waals surface area contributed by atoms with Crippen molar-refractivity contribution in [1.29, 1.82) is 0 Å². The average molecular weight is 206 g/mol. The molecule has 0 aliphatic heterocycles. The lowest BCUT2D eigenvalue weighted by Gasteiger charge is -2.16. The number of rotatable bonds is 6. The third kappa shape index (κ3) is 3.62. The molecule has 1 N–H and O–H groups in total. The van der Waals surface area contributed by atoms with Crippen LogP contribution in [0.3, 0.4) is 0 Å². The molecule has 4 nitrogen and oxygen atoms in total. The highest BCUT2D eigenvalue weighted by molar-refractivity contribution is 7.87. The summed E-state index contributed by atoms with van der Waals surface area (Å²) in [7, 11) is -1.56. The van der Waals surface area contributed by atoms with Crippen LogP contribution in [0, 0.1) is 0 Å². The summed E-state index contributed by atoms with van der Waals surface area (Å²) in [5.41, 5.74) is 0. The molecule has 0 aromatic rings. The molecule has 1 saturated carbocycles. The van der Waals surface area contributed by atoms with Gasteiger partial charge in [0.15, 0.2) is 0 Å². The zero-order valence-electron chi connectivity index (χ0n) is 8.28. The highest BCUT2D eigenvalue weighted by atomic mass is 32.2. The largest absolute Gasteiger partial charge is 0.279 e. The number of nitrogens with zero attached hydrogens (tertiary/aromatic N) is 1. The summed E-state index contributed by atoms with van der Waals surface area (Å²) < 4.78 is 27.0. The Morgan fingerprint density at radius 3 is 2.54 bits per heavy atom. The van der Waals surface area contributed by atoms with E-state index in [0.29, 0.717) is 6.54 Å². The molecule has 0 heterocycles. The molecule has 0 aromatic carbocycles. The fourth-order valence-electron chi connectivity index (χ4n) is 1.00. The molecule has 0 radical (unpaired) electrons. The molecule has 13 heavy (non-hydrogen) atoms. The summed E-state index contributed by atoms with van der Waals surface area (Å²) in [5.74, 6) is 0. The summed E-state index contributed by atoms with van der Waals surface area (Å²) in [6.07, 6.45) is 3.91. The summed E-state index contributed by atoms with van der Waals surface area (Å²) in [4.78, 5) is 0. The minimum atomic E-state index is -3.19. The van der Waals surface area contributed by atoms with Gasteiger partial charge in [0, 0.05) is 19.6 Å². The molecular formula is C8H18N2O2S. The summed E-state index contributed by atoms with van der Waals surface area (Å²) in [5, 5.41) is 0. The second kappa shape index (κ2) is 4.39. The quantitative estimate of drug-likeness (QED) is 0.696. The Kier molecular flexibility index (Phi) is 3.70. The fourth-order valence-corrected chi connectivity index (χ4v) is 2.21. The maximum atomic E-state index is 11.5. The first-order chi connectivity index (χ1) is 6.06. The Morgan fingerprint density at radius 1 is 1.46 bits per heavy atom. The van der Waals surface area contributed by atoms with Crippen molar-refractivity contribution in [3.05, 3.63) is 0 Å². The van der Waals surface area contributed by atoms with Crippen molar-refractivity contribution in [3.8, 4) is 0 Å². The van der Waals surface area contributed by atoms with Crippen LogP contribution >= 0.6 is 0 Å². The Labute approximate surface area is 80.5 Å². The van der Waals surface area contributed by atoms with Crippen molar-refractivity contribution < 1.29 is 8.42 Å². The van der Waals surface area contributed by atoms with Gasteiger partial charge in [-0.1, -0.05) is 13.3 Å². The second-order valence-electron chi connectivity index (χ2n) is 3.57. The van der Waals surface area contributed by atoms with Crippen LogP contribution in [0.2, 0.25) is 0 Å². The van der Waals surface area contributed by atoms with Crippen LogP contribution < -0.4 is 4.72 Å². The maximum Gasteiger partial charge on any atom is 0.279 e. The highest BCUT2D eigenvalue weighted by Crippen LogP contribution is 2.20. The molecule has 1 fully saturated rings. The monoisotopic (exact) mass is 206 g/mol. The van der Waals surface area contributed by atoms with Gasteiger partial charge in [0.05, 0.1) is 0 Å². The lowest BCUT2D eigenvalue weighted by molar-refractivity contribution is 0.448. The third-order valence-electron chi connectivity index (χ3n) is 2.13. The summed E-state index contributed by atoms with van der Waals surface area (Å²) in [6, 6.07) is 0.203. The number of hydrogen-bond acceptors (Lipinski definition) is 2. The summed E-state index contributed by atoms with van der Waals surface area (Å²) >= 11 is 0. The van der Waals surface area contributed by atoms with Crippen molar-refractivity contribution in [2.45, 2.75) is 38.6 Å². The lowest BCUT2D eigenvalue weighted by Crippen LogP contribution is -2.39. The molecule has 0 bridgehead atoms. The highest BCUT2D eigenvalue weighted by Gasteiger charge is 2.28. The predicted octanol–water partition coefficient (Wildman–Crippen LogP) is 0.715. The average Bonchev–Trinajstić information content (AvgIpc) is 2.83. The van der Waals surface area contributed by atoms with Crippen molar-refractivity contribution in [2.75, 3.05) is 13.6 Å². The van der Waals surface area contributed by atoms with Crippen LogP contribution in [0.25, 0.3) is 0 Å². The van der Waals surface area contributed by atoms with Crippen molar-refractivity contribution >= 4 is 10.2 Å². The van der Waals surface area contributed by atoms with Crippen LogP contribution in [0.4, 0.5) is 0 Å². The first kappa shape index (κ1) is 10.9. The van der Waals surface area contributed by atoms with Crippen molar-refractivity contribution in [1.82, 2.24) is 9.03 Å². The molecular weight excluding hydrogens is 188 g/mol. The van der Waals surface area contributed by atoms with E-state index in [2.05, 4.69) is 11.6 Å². The van der Waals surface area contributed by atoms with Gasteiger partial charge in [0.1, 0.15) is 0 Å². The van der Waals surface area contributed by atoms with Gasteiger partial charge in [-0.15, -0.1) is 0 Å². The van der Waals surface area contributed by atoms with E-state index in [1.807, 2.05) is 0 Å². The van der Waals surface area contributed by atoms with Crippen LogP contribution in [-0.2, 0) is 10.2 Å². The lowest BCUT2D eigenvalue weighted by atomic mass is 10.3.